The van der Waals surface area contributed by atoms with Crippen molar-refractivity contribution >= 4 is 11.9 Å². The highest BCUT2D eigenvalue weighted by molar-refractivity contribution is 5.60. The molecule has 3 aromatic rings. The van der Waals surface area contributed by atoms with Gasteiger partial charge in [0.15, 0.2) is 0 Å². The van der Waals surface area contributed by atoms with Crippen molar-refractivity contribution in [3.05, 3.63) is 80.8 Å². The summed E-state index contributed by atoms with van der Waals surface area (Å²) in [5.41, 5.74) is 14.4. The zero-order chi connectivity index (χ0) is 40.2. The lowest BCUT2D eigenvalue weighted by atomic mass is 9.61. The normalized spacial score (nSPS) is 33.9. The highest BCUT2D eigenvalue weighted by atomic mass is 15.3. The Morgan fingerprint density at radius 2 is 1.27 bits per heavy atom. The van der Waals surface area contributed by atoms with Gasteiger partial charge in [-0.2, -0.15) is 10.5 Å². The smallest absolute Gasteiger partial charge is 0.110 e. The second-order valence-electron chi connectivity index (χ2n) is 20.9. The molecule has 1 aromatic carbocycles. The Bertz CT molecular complexity index is 2140. The van der Waals surface area contributed by atoms with Gasteiger partial charge in [0.1, 0.15) is 5.82 Å². The van der Waals surface area contributed by atoms with E-state index in [1.54, 1.807) is 39.2 Å². The summed E-state index contributed by atoms with van der Waals surface area (Å²) in [6.07, 6.45) is 36.1. The third kappa shape index (κ3) is 6.91. The monoisotopic (exact) mass is 803 g/mol. The van der Waals surface area contributed by atoms with Gasteiger partial charge in [0.2, 0.25) is 0 Å². The summed E-state index contributed by atoms with van der Waals surface area (Å²) in [5, 5.41) is 28.6. The van der Waals surface area contributed by atoms with Crippen molar-refractivity contribution in [2.45, 2.75) is 185 Å². The molecular weight excluding hydrogens is 733 g/mol. The van der Waals surface area contributed by atoms with Gasteiger partial charge < -0.3 is 14.5 Å². The zero-order valence-electron chi connectivity index (χ0n) is 36.4. The van der Waals surface area contributed by atoms with E-state index in [1.807, 2.05) is 0 Å². The number of allylic oxidation sites excluding steroid dienone is 1. The topological polar surface area (TPSA) is 81.5 Å². The number of nitrogens with one attached hydrogen (secondary N) is 2. The minimum atomic E-state index is 0.143. The van der Waals surface area contributed by atoms with Gasteiger partial charge >= 0.3 is 0 Å². The Labute approximate surface area is 360 Å². The molecule has 0 radical (unpaired) electrons. The lowest BCUT2D eigenvalue weighted by Gasteiger charge is -2.47. The number of fused-ring (bicyclic) bond motifs is 6. The predicted molar refractivity (Wildman–Crippen MR) is 242 cm³/mol. The van der Waals surface area contributed by atoms with Crippen molar-refractivity contribution in [3.8, 4) is 12.1 Å². The van der Waals surface area contributed by atoms with Crippen LogP contribution in [0.5, 0.6) is 0 Å². The number of anilines is 1. The number of aromatic nitrogens is 2. The van der Waals surface area contributed by atoms with Gasteiger partial charge in [-0.3, -0.25) is 5.32 Å². The van der Waals surface area contributed by atoms with E-state index in [4.69, 9.17) is 0 Å². The maximum Gasteiger partial charge on any atom is 0.110 e. The van der Waals surface area contributed by atoms with E-state index in [9.17, 15) is 10.5 Å². The summed E-state index contributed by atoms with van der Waals surface area (Å²) in [7, 11) is 0. The third-order valence-electron chi connectivity index (χ3n) is 17.9. The fraction of sp³-hybridized carbons (Fsp3) is 0.667. The van der Waals surface area contributed by atoms with Crippen molar-refractivity contribution < 1.29 is 0 Å². The molecule has 0 amide bonds. The minimum absolute atomic E-state index is 0.143. The maximum absolute atomic E-state index is 10.1. The van der Waals surface area contributed by atoms with Crippen molar-refractivity contribution in [1.29, 1.82) is 10.5 Å². The molecular formula is C54H70N6. The van der Waals surface area contributed by atoms with Crippen LogP contribution in [0.15, 0.2) is 30.3 Å². The first-order valence-electron chi connectivity index (χ1n) is 25.2. The summed E-state index contributed by atoms with van der Waals surface area (Å²) < 4.78 is 5.67. The summed E-state index contributed by atoms with van der Waals surface area (Å²) >= 11 is 0. The summed E-state index contributed by atoms with van der Waals surface area (Å²) in [5.74, 6) is 5.82. The van der Waals surface area contributed by atoms with Gasteiger partial charge in [-0.25, -0.2) is 0 Å². The predicted octanol–water partition coefficient (Wildman–Crippen LogP) is 12.4. The molecule has 10 unspecified atom stereocenters. The Morgan fingerprint density at radius 1 is 0.567 bits per heavy atom. The van der Waals surface area contributed by atoms with E-state index in [-0.39, 0.29) is 24.2 Å². The van der Waals surface area contributed by atoms with E-state index in [0.29, 0.717) is 29.6 Å². The van der Waals surface area contributed by atoms with Crippen LogP contribution < -0.4 is 10.6 Å². The molecule has 2 aromatic heterocycles. The number of rotatable bonds is 6. The molecule has 6 nitrogen and oxygen atoms in total. The molecule has 4 heterocycles. The number of hydrogen-bond donors (Lipinski definition) is 2. The van der Waals surface area contributed by atoms with Gasteiger partial charge in [0.05, 0.1) is 30.4 Å². The van der Waals surface area contributed by atoms with Crippen molar-refractivity contribution in [3.63, 3.8) is 0 Å². The first-order valence-corrected chi connectivity index (χ1v) is 25.2. The van der Waals surface area contributed by atoms with E-state index in [0.717, 1.165) is 57.4 Å². The van der Waals surface area contributed by atoms with E-state index < -0.39 is 0 Å². The fourth-order valence-corrected chi connectivity index (χ4v) is 15.3. The molecule has 60 heavy (non-hydrogen) atoms. The number of nitriles is 2. The molecule has 11 rings (SSSR count). The fourth-order valence-electron chi connectivity index (χ4n) is 15.3. The van der Waals surface area contributed by atoms with Gasteiger partial charge in [0.25, 0.3) is 0 Å². The second-order valence-corrected chi connectivity index (χ2v) is 20.9. The van der Waals surface area contributed by atoms with Crippen LogP contribution in [0.2, 0.25) is 0 Å². The Hall–Kier alpha value is -3.74. The molecule has 6 heteroatoms. The van der Waals surface area contributed by atoms with Gasteiger partial charge in [0, 0.05) is 29.5 Å². The molecule has 8 aliphatic rings. The number of benzene rings is 1. The Kier molecular flexibility index (Phi) is 11.0. The standard InChI is InChI=1S/C54H70N6/c55-33-35-13-11-14-37(29-35)39-15-1-3-17-41(39)43-19-5-6-20-44(43)42-18-4-2-16-40(42)38-31-52(59-49-24-9-8-22-46(49)48-30-36(34-56)26-27-51(48)59)58-53(32-38)60-50-25-10-7-21-45(50)47-23-12-28-57-54(47)60/h5-6,9,19-20,24,35-42,52-53,57-58H,1-4,7-8,10-18,21-23,25-32H2. The van der Waals surface area contributed by atoms with Gasteiger partial charge in [-0.1, -0.05) is 68.9 Å². The maximum atomic E-state index is 10.1. The molecule has 10 atom stereocenters. The molecule has 4 fully saturated rings. The average molecular weight is 803 g/mol. The molecule has 316 valence electrons. The van der Waals surface area contributed by atoms with Crippen LogP contribution in [0, 0.1) is 58.2 Å². The molecule has 0 bridgehead atoms. The number of hydrogen-bond acceptors (Lipinski definition) is 4. The van der Waals surface area contributed by atoms with Crippen LogP contribution in [0.4, 0.5) is 5.82 Å². The van der Waals surface area contributed by atoms with Crippen LogP contribution in [-0.4, -0.2) is 15.7 Å². The van der Waals surface area contributed by atoms with Crippen LogP contribution in [-0.2, 0) is 38.5 Å². The summed E-state index contributed by atoms with van der Waals surface area (Å²) in [6.45, 7) is 1.08. The number of piperidine rings is 1. The largest absolute Gasteiger partial charge is 0.371 e. The highest BCUT2D eigenvalue weighted by Crippen LogP contribution is 2.54. The number of nitrogens with zero attached hydrogens (tertiary/aromatic N) is 4. The third-order valence-corrected chi connectivity index (χ3v) is 17.9. The lowest BCUT2D eigenvalue weighted by Crippen LogP contribution is -2.45. The van der Waals surface area contributed by atoms with Crippen molar-refractivity contribution in [1.82, 2.24) is 14.5 Å². The molecule has 0 spiro atoms. The SMILES string of the molecule is N#CC1CCc2c(c3c(n2C2CC(C4CCCCC4c4ccccc4C4CCCCC4C4CCCC(C#N)C4)CC(n4c5c(c6c4NCCC6)CCCC5)N2)C=CCC3)C1. The molecule has 2 N–H and O–H groups in total. The van der Waals surface area contributed by atoms with E-state index in [2.05, 4.69) is 68.3 Å². The first kappa shape index (κ1) is 39.1. The lowest BCUT2D eigenvalue weighted by molar-refractivity contribution is 0.0836. The Balaban J connectivity index is 0.994. The van der Waals surface area contributed by atoms with Crippen LogP contribution >= 0.6 is 0 Å². The Morgan fingerprint density at radius 3 is 2.05 bits per heavy atom. The van der Waals surface area contributed by atoms with Crippen molar-refractivity contribution in [2.75, 3.05) is 11.9 Å². The zero-order valence-corrected chi connectivity index (χ0v) is 36.4. The summed E-state index contributed by atoms with van der Waals surface area (Å²) in [6, 6.07) is 15.3. The van der Waals surface area contributed by atoms with Crippen LogP contribution in [0.1, 0.15) is 197 Å². The average Bonchev–Trinajstić information content (AvgIpc) is 3.84. The van der Waals surface area contributed by atoms with E-state index >= 15 is 0 Å². The molecule has 3 saturated carbocycles. The summed E-state index contributed by atoms with van der Waals surface area (Å²) in [4.78, 5) is 0. The van der Waals surface area contributed by atoms with Crippen LogP contribution in [0.3, 0.4) is 0 Å². The molecule has 2 aliphatic heterocycles. The first-order chi connectivity index (χ1) is 29.7. The second kappa shape index (κ2) is 16.9. The van der Waals surface area contributed by atoms with Gasteiger partial charge in [-0.15, -0.1) is 0 Å². The van der Waals surface area contributed by atoms with Gasteiger partial charge in [-0.05, 0) is 197 Å². The molecule has 6 aliphatic carbocycles. The quantitative estimate of drug-likeness (QED) is 0.260. The minimum Gasteiger partial charge on any atom is -0.371 e. The van der Waals surface area contributed by atoms with Crippen molar-refractivity contribution in [2.24, 2.45) is 35.5 Å². The highest BCUT2D eigenvalue weighted by Gasteiger charge is 2.45. The van der Waals surface area contributed by atoms with Crippen LogP contribution in [0.25, 0.3) is 6.08 Å². The van der Waals surface area contributed by atoms with E-state index in [1.165, 1.54) is 133 Å². The molecule has 1 saturated heterocycles.